The van der Waals surface area contributed by atoms with E-state index < -0.39 is 0 Å². The van der Waals surface area contributed by atoms with E-state index in [2.05, 4.69) is 49.5 Å². The van der Waals surface area contributed by atoms with Gasteiger partial charge >= 0.3 is 0 Å². The van der Waals surface area contributed by atoms with Crippen molar-refractivity contribution in [1.82, 2.24) is 5.32 Å². The highest BCUT2D eigenvalue weighted by molar-refractivity contribution is 5.18. The first-order chi connectivity index (χ1) is 7.77. The summed E-state index contributed by atoms with van der Waals surface area (Å²) < 4.78 is 0. The van der Waals surface area contributed by atoms with Crippen molar-refractivity contribution in [2.45, 2.75) is 51.6 Å². The van der Waals surface area contributed by atoms with Crippen molar-refractivity contribution in [3.63, 3.8) is 0 Å². The molecule has 0 aliphatic heterocycles. The largest absolute Gasteiger partial charge is 0.307 e. The number of hydrogen-bond donors (Lipinski definition) is 1. The van der Waals surface area contributed by atoms with Gasteiger partial charge in [0.2, 0.25) is 0 Å². The summed E-state index contributed by atoms with van der Waals surface area (Å²) in [5, 5.41) is 3.78. The predicted molar refractivity (Wildman–Crippen MR) is 69.4 cm³/mol. The maximum absolute atomic E-state index is 3.78. The molecule has 2 unspecified atom stereocenters. The Morgan fingerprint density at radius 1 is 1.12 bits per heavy atom. The second kappa shape index (κ2) is 5.49. The summed E-state index contributed by atoms with van der Waals surface area (Å²) >= 11 is 0. The van der Waals surface area contributed by atoms with Crippen LogP contribution in [0, 0.1) is 5.92 Å². The zero-order valence-electron chi connectivity index (χ0n) is 10.4. The third-order valence-electron chi connectivity index (χ3n) is 3.88. The van der Waals surface area contributed by atoms with Crippen LogP contribution in [0.3, 0.4) is 0 Å². The molecule has 3 atom stereocenters. The summed E-state index contributed by atoms with van der Waals surface area (Å²) in [7, 11) is 0. The van der Waals surface area contributed by atoms with E-state index in [0.717, 1.165) is 5.92 Å². The Balaban J connectivity index is 1.94. The van der Waals surface area contributed by atoms with Crippen LogP contribution in [-0.2, 0) is 0 Å². The van der Waals surface area contributed by atoms with Gasteiger partial charge in [-0.3, -0.25) is 0 Å². The normalized spacial score (nSPS) is 27.6. The molecule has 1 nitrogen and oxygen atoms in total. The number of rotatable bonds is 3. The number of nitrogens with one attached hydrogen (secondary N) is 1. The van der Waals surface area contributed by atoms with E-state index in [9.17, 15) is 0 Å². The maximum atomic E-state index is 3.78. The van der Waals surface area contributed by atoms with Crippen molar-refractivity contribution in [1.29, 1.82) is 0 Å². The molecule has 0 heterocycles. The molecule has 0 spiro atoms. The molecule has 16 heavy (non-hydrogen) atoms. The SMILES string of the molecule is CC1CCCCC1N[C@@H](C)c1ccccc1. The lowest BCUT2D eigenvalue weighted by Crippen LogP contribution is -2.38. The van der Waals surface area contributed by atoms with E-state index >= 15 is 0 Å². The quantitative estimate of drug-likeness (QED) is 0.809. The molecule has 2 rings (SSSR count). The van der Waals surface area contributed by atoms with Crippen molar-refractivity contribution < 1.29 is 0 Å². The smallest absolute Gasteiger partial charge is 0.0294 e. The van der Waals surface area contributed by atoms with Crippen LogP contribution >= 0.6 is 0 Å². The van der Waals surface area contributed by atoms with Gasteiger partial charge in [0.15, 0.2) is 0 Å². The minimum atomic E-state index is 0.478. The van der Waals surface area contributed by atoms with Crippen LogP contribution in [0.15, 0.2) is 30.3 Å². The molecule has 0 bridgehead atoms. The van der Waals surface area contributed by atoms with Gasteiger partial charge in [-0.15, -0.1) is 0 Å². The van der Waals surface area contributed by atoms with Crippen LogP contribution in [0.2, 0.25) is 0 Å². The molecular weight excluding hydrogens is 194 g/mol. The lowest BCUT2D eigenvalue weighted by Gasteiger charge is -2.32. The van der Waals surface area contributed by atoms with Crippen molar-refractivity contribution in [3.05, 3.63) is 35.9 Å². The molecule has 1 aliphatic rings. The molecule has 1 saturated carbocycles. The minimum absolute atomic E-state index is 0.478. The van der Waals surface area contributed by atoms with Gasteiger partial charge in [-0.1, -0.05) is 50.1 Å². The number of benzene rings is 1. The van der Waals surface area contributed by atoms with Crippen molar-refractivity contribution >= 4 is 0 Å². The molecule has 1 heteroatoms. The fourth-order valence-corrected chi connectivity index (χ4v) is 2.72. The summed E-state index contributed by atoms with van der Waals surface area (Å²) in [4.78, 5) is 0. The zero-order valence-corrected chi connectivity index (χ0v) is 10.4. The first-order valence-electron chi connectivity index (χ1n) is 6.58. The Morgan fingerprint density at radius 3 is 2.50 bits per heavy atom. The molecule has 0 saturated heterocycles. The Bertz CT molecular complexity index is 306. The van der Waals surface area contributed by atoms with Gasteiger partial charge in [0.05, 0.1) is 0 Å². The first kappa shape index (κ1) is 11.7. The number of hydrogen-bond acceptors (Lipinski definition) is 1. The van der Waals surface area contributed by atoms with Gasteiger partial charge in [-0.2, -0.15) is 0 Å². The van der Waals surface area contributed by atoms with Crippen molar-refractivity contribution in [2.24, 2.45) is 5.92 Å². The lowest BCUT2D eigenvalue weighted by atomic mass is 9.85. The molecule has 1 aromatic rings. The highest BCUT2D eigenvalue weighted by Gasteiger charge is 2.22. The summed E-state index contributed by atoms with van der Waals surface area (Å²) in [5.74, 6) is 0.833. The minimum Gasteiger partial charge on any atom is -0.307 e. The van der Waals surface area contributed by atoms with E-state index in [0.29, 0.717) is 12.1 Å². The van der Waals surface area contributed by atoms with Crippen molar-refractivity contribution in [3.8, 4) is 0 Å². The Kier molecular flexibility index (Phi) is 4.00. The standard InChI is InChI=1S/C15H23N/c1-12-8-6-7-11-15(12)16-13(2)14-9-4-3-5-10-14/h3-5,9-10,12-13,15-16H,6-8,11H2,1-2H3/t12?,13-,15?/m0/s1. The molecule has 1 fully saturated rings. The highest BCUT2D eigenvalue weighted by atomic mass is 15.0. The van der Waals surface area contributed by atoms with Gasteiger partial charge in [0, 0.05) is 12.1 Å². The third-order valence-corrected chi connectivity index (χ3v) is 3.88. The average molecular weight is 217 g/mol. The van der Waals surface area contributed by atoms with E-state index in [-0.39, 0.29) is 0 Å². The Hall–Kier alpha value is -0.820. The second-order valence-electron chi connectivity index (χ2n) is 5.17. The van der Waals surface area contributed by atoms with E-state index in [4.69, 9.17) is 0 Å². The van der Waals surface area contributed by atoms with E-state index in [1.807, 2.05) is 0 Å². The summed E-state index contributed by atoms with van der Waals surface area (Å²) in [6.07, 6.45) is 5.54. The second-order valence-corrected chi connectivity index (χ2v) is 5.17. The van der Waals surface area contributed by atoms with E-state index in [1.165, 1.54) is 31.2 Å². The summed E-state index contributed by atoms with van der Waals surface area (Å²) in [6.45, 7) is 4.66. The van der Waals surface area contributed by atoms with Crippen LogP contribution < -0.4 is 5.32 Å². The monoisotopic (exact) mass is 217 g/mol. The van der Waals surface area contributed by atoms with Crippen LogP contribution in [-0.4, -0.2) is 6.04 Å². The van der Waals surface area contributed by atoms with Crippen LogP contribution in [0.4, 0.5) is 0 Å². The molecule has 1 aromatic carbocycles. The molecule has 0 amide bonds. The summed E-state index contributed by atoms with van der Waals surface area (Å²) in [6, 6.07) is 11.9. The third kappa shape index (κ3) is 2.85. The fraction of sp³-hybridized carbons (Fsp3) is 0.600. The molecule has 1 aliphatic carbocycles. The van der Waals surface area contributed by atoms with Gasteiger partial charge < -0.3 is 5.32 Å². The van der Waals surface area contributed by atoms with Gasteiger partial charge in [-0.05, 0) is 31.2 Å². The maximum Gasteiger partial charge on any atom is 0.0294 e. The fourth-order valence-electron chi connectivity index (χ4n) is 2.72. The Morgan fingerprint density at radius 2 is 1.81 bits per heavy atom. The zero-order chi connectivity index (χ0) is 11.4. The lowest BCUT2D eigenvalue weighted by molar-refractivity contribution is 0.263. The predicted octanol–water partition coefficient (Wildman–Crippen LogP) is 3.92. The van der Waals surface area contributed by atoms with E-state index in [1.54, 1.807) is 0 Å². The molecule has 1 N–H and O–H groups in total. The molecule has 0 aromatic heterocycles. The molecular formula is C15H23N. The van der Waals surface area contributed by atoms with Gasteiger partial charge in [0.1, 0.15) is 0 Å². The van der Waals surface area contributed by atoms with Gasteiger partial charge in [-0.25, -0.2) is 0 Å². The van der Waals surface area contributed by atoms with Crippen LogP contribution in [0.5, 0.6) is 0 Å². The molecule has 88 valence electrons. The average Bonchev–Trinajstić information content (AvgIpc) is 2.33. The topological polar surface area (TPSA) is 12.0 Å². The van der Waals surface area contributed by atoms with Crippen LogP contribution in [0.25, 0.3) is 0 Å². The van der Waals surface area contributed by atoms with Gasteiger partial charge in [0.25, 0.3) is 0 Å². The first-order valence-corrected chi connectivity index (χ1v) is 6.58. The highest BCUT2D eigenvalue weighted by Crippen LogP contribution is 2.26. The summed E-state index contributed by atoms with van der Waals surface area (Å²) in [5.41, 5.74) is 1.40. The Labute approximate surface area is 99.3 Å². The van der Waals surface area contributed by atoms with Crippen LogP contribution in [0.1, 0.15) is 51.1 Å². The molecule has 0 radical (unpaired) electrons. The van der Waals surface area contributed by atoms with Crippen molar-refractivity contribution in [2.75, 3.05) is 0 Å².